The van der Waals surface area contributed by atoms with Gasteiger partial charge in [0.2, 0.25) is 0 Å². The van der Waals surface area contributed by atoms with Crippen molar-refractivity contribution in [3.63, 3.8) is 0 Å². The highest BCUT2D eigenvalue weighted by atomic mass is 16.3. The van der Waals surface area contributed by atoms with Crippen LogP contribution in [0.5, 0.6) is 0 Å². The molecule has 0 bridgehead atoms. The number of rotatable bonds is 2. The molecule has 1 aromatic carbocycles. The standard InChI is InChI=1S/C13H12O2/c1-9-4-3-5-12(10(9)2)13-7-6-11(8-14)15-13/h3-8H,1-2H3. The second-order valence-corrected chi connectivity index (χ2v) is 3.57. The van der Waals surface area contributed by atoms with E-state index in [1.165, 1.54) is 11.1 Å². The third kappa shape index (κ3) is 1.71. The molecule has 0 amide bonds. The van der Waals surface area contributed by atoms with E-state index < -0.39 is 0 Å². The van der Waals surface area contributed by atoms with Crippen molar-refractivity contribution in [2.24, 2.45) is 0 Å². The number of carbonyl (C=O) groups excluding carboxylic acids is 1. The smallest absolute Gasteiger partial charge is 0.185 e. The second kappa shape index (κ2) is 3.73. The Kier molecular flexibility index (Phi) is 2.42. The first kappa shape index (κ1) is 9.71. The van der Waals surface area contributed by atoms with Crippen LogP contribution in [0.1, 0.15) is 21.7 Å². The average molecular weight is 200 g/mol. The Morgan fingerprint density at radius 1 is 1.13 bits per heavy atom. The molecule has 0 spiro atoms. The van der Waals surface area contributed by atoms with Crippen LogP contribution >= 0.6 is 0 Å². The summed E-state index contributed by atoms with van der Waals surface area (Å²) in [4.78, 5) is 10.5. The van der Waals surface area contributed by atoms with E-state index in [0.717, 1.165) is 11.3 Å². The molecule has 0 aliphatic heterocycles. The van der Waals surface area contributed by atoms with Gasteiger partial charge in [-0.2, -0.15) is 0 Å². The molecule has 2 nitrogen and oxygen atoms in total. The Morgan fingerprint density at radius 3 is 2.60 bits per heavy atom. The van der Waals surface area contributed by atoms with Crippen LogP contribution in [0.2, 0.25) is 0 Å². The summed E-state index contributed by atoms with van der Waals surface area (Å²) in [6.45, 7) is 4.11. The van der Waals surface area contributed by atoms with E-state index in [1.54, 1.807) is 6.07 Å². The van der Waals surface area contributed by atoms with Crippen LogP contribution in [-0.2, 0) is 0 Å². The van der Waals surface area contributed by atoms with E-state index in [4.69, 9.17) is 4.42 Å². The number of furan rings is 1. The molecule has 0 aliphatic rings. The largest absolute Gasteiger partial charge is 0.453 e. The van der Waals surface area contributed by atoms with Gasteiger partial charge in [0.15, 0.2) is 12.0 Å². The minimum atomic E-state index is 0.367. The molecule has 0 aliphatic carbocycles. The van der Waals surface area contributed by atoms with Gasteiger partial charge >= 0.3 is 0 Å². The zero-order chi connectivity index (χ0) is 10.8. The molecule has 0 fully saturated rings. The van der Waals surface area contributed by atoms with Gasteiger partial charge in [0.1, 0.15) is 5.76 Å². The van der Waals surface area contributed by atoms with Crippen molar-refractivity contribution >= 4 is 6.29 Å². The molecule has 0 N–H and O–H groups in total. The summed E-state index contributed by atoms with van der Waals surface area (Å²) in [6.07, 6.45) is 0.717. The molecule has 0 unspecified atom stereocenters. The SMILES string of the molecule is Cc1cccc(-c2ccc(C=O)o2)c1C. The predicted molar refractivity (Wildman–Crippen MR) is 59.0 cm³/mol. The molecule has 2 heteroatoms. The van der Waals surface area contributed by atoms with Gasteiger partial charge in [-0.3, -0.25) is 4.79 Å². The summed E-state index contributed by atoms with van der Waals surface area (Å²) in [6, 6.07) is 9.55. The number of benzene rings is 1. The van der Waals surface area contributed by atoms with Crippen molar-refractivity contribution in [3.05, 3.63) is 47.2 Å². The number of hydrogen-bond donors (Lipinski definition) is 0. The molecule has 2 aromatic rings. The summed E-state index contributed by atoms with van der Waals surface area (Å²) in [5.74, 6) is 1.12. The summed E-state index contributed by atoms with van der Waals surface area (Å²) >= 11 is 0. The zero-order valence-electron chi connectivity index (χ0n) is 8.78. The first-order valence-electron chi connectivity index (χ1n) is 4.84. The van der Waals surface area contributed by atoms with Crippen LogP contribution in [0.25, 0.3) is 11.3 Å². The minimum Gasteiger partial charge on any atom is -0.453 e. The molecule has 0 saturated carbocycles. The first-order valence-corrected chi connectivity index (χ1v) is 4.84. The predicted octanol–water partition coefficient (Wildman–Crippen LogP) is 3.38. The lowest BCUT2D eigenvalue weighted by Crippen LogP contribution is -1.84. The van der Waals surface area contributed by atoms with E-state index in [1.807, 2.05) is 25.1 Å². The summed E-state index contributed by atoms with van der Waals surface area (Å²) in [7, 11) is 0. The average Bonchev–Trinajstić information content (AvgIpc) is 2.70. The molecular weight excluding hydrogens is 188 g/mol. The van der Waals surface area contributed by atoms with Crippen LogP contribution in [0.3, 0.4) is 0 Å². The van der Waals surface area contributed by atoms with Crippen LogP contribution in [-0.4, -0.2) is 6.29 Å². The highest BCUT2D eigenvalue weighted by molar-refractivity contribution is 5.73. The van der Waals surface area contributed by atoms with Gasteiger partial charge in [0, 0.05) is 5.56 Å². The Bertz CT molecular complexity index is 495. The zero-order valence-corrected chi connectivity index (χ0v) is 8.78. The summed E-state index contributed by atoms with van der Waals surface area (Å²) < 4.78 is 5.39. The number of carbonyl (C=O) groups is 1. The number of aryl methyl sites for hydroxylation is 1. The van der Waals surface area contributed by atoms with E-state index in [2.05, 4.69) is 13.0 Å². The Hall–Kier alpha value is -1.83. The summed E-state index contributed by atoms with van der Waals surface area (Å²) in [5, 5.41) is 0. The fourth-order valence-corrected chi connectivity index (χ4v) is 1.58. The molecule has 76 valence electrons. The highest BCUT2D eigenvalue weighted by Crippen LogP contribution is 2.26. The van der Waals surface area contributed by atoms with Gasteiger partial charge in [-0.15, -0.1) is 0 Å². The van der Waals surface area contributed by atoms with Gasteiger partial charge in [-0.05, 0) is 37.1 Å². The Morgan fingerprint density at radius 2 is 1.93 bits per heavy atom. The molecule has 0 radical (unpaired) electrons. The van der Waals surface area contributed by atoms with Gasteiger partial charge in [0.05, 0.1) is 0 Å². The normalized spacial score (nSPS) is 10.3. The van der Waals surface area contributed by atoms with Gasteiger partial charge in [0.25, 0.3) is 0 Å². The van der Waals surface area contributed by atoms with Gasteiger partial charge in [-0.1, -0.05) is 18.2 Å². The van der Waals surface area contributed by atoms with E-state index in [9.17, 15) is 4.79 Å². The molecule has 1 aromatic heterocycles. The Labute approximate surface area is 88.5 Å². The van der Waals surface area contributed by atoms with Crippen molar-refractivity contribution in [1.29, 1.82) is 0 Å². The van der Waals surface area contributed by atoms with Crippen molar-refractivity contribution in [2.45, 2.75) is 13.8 Å². The van der Waals surface area contributed by atoms with Crippen LogP contribution in [0.4, 0.5) is 0 Å². The maximum atomic E-state index is 10.5. The summed E-state index contributed by atoms with van der Waals surface area (Å²) in [5.41, 5.74) is 3.45. The third-order valence-corrected chi connectivity index (χ3v) is 2.61. The number of aldehydes is 1. The molecule has 1 heterocycles. The minimum absolute atomic E-state index is 0.367. The lowest BCUT2D eigenvalue weighted by atomic mass is 10.0. The molecular formula is C13H12O2. The fourth-order valence-electron chi connectivity index (χ4n) is 1.58. The highest BCUT2D eigenvalue weighted by Gasteiger charge is 2.07. The van der Waals surface area contributed by atoms with E-state index in [-0.39, 0.29) is 0 Å². The quantitative estimate of drug-likeness (QED) is 0.695. The second-order valence-electron chi connectivity index (χ2n) is 3.57. The van der Waals surface area contributed by atoms with Gasteiger partial charge in [-0.25, -0.2) is 0 Å². The van der Waals surface area contributed by atoms with Crippen molar-refractivity contribution < 1.29 is 9.21 Å². The van der Waals surface area contributed by atoms with Crippen molar-refractivity contribution in [2.75, 3.05) is 0 Å². The van der Waals surface area contributed by atoms with Crippen LogP contribution in [0.15, 0.2) is 34.7 Å². The number of hydrogen-bond acceptors (Lipinski definition) is 2. The maximum absolute atomic E-state index is 10.5. The maximum Gasteiger partial charge on any atom is 0.185 e. The molecule has 0 saturated heterocycles. The Balaban J connectivity index is 2.53. The fraction of sp³-hybridized carbons (Fsp3) is 0.154. The first-order chi connectivity index (χ1) is 7.22. The van der Waals surface area contributed by atoms with E-state index in [0.29, 0.717) is 12.0 Å². The van der Waals surface area contributed by atoms with Crippen molar-refractivity contribution in [1.82, 2.24) is 0 Å². The van der Waals surface area contributed by atoms with Crippen LogP contribution in [0, 0.1) is 13.8 Å². The van der Waals surface area contributed by atoms with Crippen molar-refractivity contribution in [3.8, 4) is 11.3 Å². The third-order valence-electron chi connectivity index (χ3n) is 2.61. The monoisotopic (exact) mass is 200 g/mol. The van der Waals surface area contributed by atoms with E-state index >= 15 is 0 Å². The molecule has 0 atom stereocenters. The lowest BCUT2D eigenvalue weighted by molar-refractivity contribution is 0.110. The van der Waals surface area contributed by atoms with Gasteiger partial charge < -0.3 is 4.42 Å². The molecule has 2 rings (SSSR count). The lowest BCUT2D eigenvalue weighted by Gasteiger charge is -2.05. The molecule has 15 heavy (non-hydrogen) atoms. The topological polar surface area (TPSA) is 30.2 Å². The van der Waals surface area contributed by atoms with Crippen LogP contribution < -0.4 is 0 Å².